The fourth-order valence-corrected chi connectivity index (χ4v) is 4.08. The molecule has 25 heavy (non-hydrogen) atoms. The largest absolute Gasteiger partial charge is 0.492 e. The Morgan fingerprint density at radius 3 is 3.08 bits per heavy atom. The smallest absolute Gasteiger partial charge is 0.306 e. The molecule has 1 aliphatic heterocycles. The van der Waals surface area contributed by atoms with E-state index in [1.807, 2.05) is 18.2 Å². The molecular formula is C20H21FO4. The number of carbonyl (C=O) groups is 1. The highest BCUT2D eigenvalue weighted by Gasteiger charge is 2.40. The number of ether oxygens (including phenoxy) is 3. The van der Waals surface area contributed by atoms with Gasteiger partial charge in [0.25, 0.3) is 0 Å². The molecule has 4 nitrogen and oxygen atoms in total. The molecule has 0 aromatic heterocycles. The van der Waals surface area contributed by atoms with Gasteiger partial charge in [0, 0.05) is 17.5 Å². The molecule has 2 aliphatic carbocycles. The van der Waals surface area contributed by atoms with Crippen LogP contribution < -0.4 is 9.47 Å². The molecule has 0 amide bonds. The van der Waals surface area contributed by atoms with E-state index in [1.165, 1.54) is 13.2 Å². The first-order chi connectivity index (χ1) is 12.2. The molecule has 0 radical (unpaired) electrons. The number of fused-ring (bicyclic) bond motifs is 2. The van der Waals surface area contributed by atoms with Crippen LogP contribution in [0.25, 0.3) is 0 Å². The third-order valence-corrected chi connectivity index (χ3v) is 5.37. The van der Waals surface area contributed by atoms with E-state index < -0.39 is 0 Å². The van der Waals surface area contributed by atoms with Crippen molar-refractivity contribution in [1.29, 1.82) is 0 Å². The molecule has 0 N–H and O–H groups in total. The molecule has 1 fully saturated rings. The highest BCUT2D eigenvalue weighted by Crippen LogP contribution is 2.44. The summed E-state index contributed by atoms with van der Waals surface area (Å²) in [7, 11) is 1.39. The van der Waals surface area contributed by atoms with Gasteiger partial charge in [0.1, 0.15) is 23.4 Å². The van der Waals surface area contributed by atoms with Crippen LogP contribution in [-0.4, -0.2) is 25.8 Å². The molecule has 2 unspecified atom stereocenters. The highest BCUT2D eigenvalue weighted by molar-refractivity contribution is 5.71. The maximum Gasteiger partial charge on any atom is 0.306 e. The lowest BCUT2D eigenvalue weighted by molar-refractivity contribution is -0.141. The molecule has 1 aromatic rings. The van der Waals surface area contributed by atoms with Crippen LogP contribution in [0.4, 0.5) is 4.39 Å². The second-order valence-corrected chi connectivity index (χ2v) is 6.85. The minimum atomic E-state index is -0.244. The Balaban J connectivity index is 1.47. The molecule has 4 atom stereocenters. The summed E-state index contributed by atoms with van der Waals surface area (Å²) in [5.41, 5.74) is 0.994. The van der Waals surface area contributed by atoms with Crippen molar-refractivity contribution in [3.05, 3.63) is 47.8 Å². The molecule has 1 saturated carbocycles. The fourth-order valence-electron chi connectivity index (χ4n) is 4.08. The van der Waals surface area contributed by atoms with E-state index in [-0.39, 0.29) is 35.7 Å². The van der Waals surface area contributed by atoms with Crippen molar-refractivity contribution in [2.45, 2.75) is 31.3 Å². The standard InChI is InChI=1S/C20H21FO4/c1-23-19(22)9-13-11-24-18-10-14(6-7-15(13)18)25-17-8-5-12-3-2-4-16(21)20(12)17/h2-4,6-7,10,12-13,17,20H,5,8-9,11H2,1H3/t12?,13-,17-,20?/m1/s1. The Labute approximate surface area is 146 Å². The summed E-state index contributed by atoms with van der Waals surface area (Å²) in [6, 6.07) is 5.66. The predicted molar refractivity (Wildman–Crippen MR) is 90.3 cm³/mol. The van der Waals surface area contributed by atoms with Crippen molar-refractivity contribution in [2.75, 3.05) is 13.7 Å². The third-order valence-electron chi connectivity index (χ3n) is 5.37. The molecule has 0 spiro atoms. The van der Waals surface area contributed by atoms with Gasteiger partial charge in [-0.05, 0) is 30.9 Å². The summed E-state index contributed by atoms with van der Waals surface area (Å²) in [6.07, 6.45) is 7.32. The van der Waals surface area contributed by atoms with Crippen molar-refractivity contribution in [1.82, 2.24) is 0 Å². The third kappa shape index (κ3) is 3.03. The lowest BCUT2D eigenvalue weighted by Crippen LogP contribution is -2.26. The van der Waals surface area contributed by atoms with Crippen LogP contribution in [0.5, 0.6) is 11.5 Å². The van der Waals surface area contributed by atoms with Crippen LogP contribution in [0.1, 0.15) is 30.7 Å². The van der Waals surface area contributed by atoms with Crippen molar-refractivity contribution in [2.24, 2.45) is 11.8 Å². The Morgan fingerprint density at radius 1 is 1.36 bits per heavy atom. The normalized spacial score (nSPS) is 29.4. The number of esters is 1. The zero-order valence-corrected chi connectivity index (χ0v) is 14.1. The molecule has 1 heterocycles. The Kier molecular flexibility index (Phi) is 4.24. The van der Waals surface area contributed by atoms with Gasteiger partial charge in [0.2, 0.25) is 0 Å². The van der Waals surface area contributed by atoms with Crippen LogP contribution in [0.2, 0.25) is 0 Å². The van der Waals surface area contributed by atoms with Gasteiger partial charge in [-0.2, -0.15) is 0 Å². The first kappa shape index (κ1) is 16.2. The van der Waals surface area contributed by atoms with Gasteiger partial charge in [-0.3, -0.25) is 4.79 Å². The number of halogens is 1. The molecular weight excluding hydrogens is 323 g/mol. The minimum Gasteiger partial charge on any atom is -0.492 e. The van der Waals surface area contributed by atoms with Crippen molar-refractivity contribution in [3.63, 3.8) is 0 Å². The number of methoxy groups -OCH3 is 1. The van der Waals surface area contributed by atoms with Crippen molar-refractivity contribution in [3.8, 4) is 11.5 Å². The van der Waals surface area contributed by atoms with Gasteiger partial charge in [0.15, 0.2) is 0 Å². The first-order valence-corrected chi connectivity index (χ1v) is 8.70. The lowest BCUT2D eigenvalue weighted by atomic mass is 9.89. The SMILES string of the molecule is COC(=O)C[C@@H]1COc2cc(O[C@@H]3CCC4C=CC=C(F)C43)ccc21. The number of allylic oxidation sites excluding steroid dienone is 3. The number of rotatable bonds is 4. The van der Waals surface area contributed by atoms with E-state index in [0.717, 1.165) is 24.2 Å². The Morgan fingerprint density at radius 2 is 2.24 bits per heavy atom. The summed E-state index contributed by atoms with van der Waals surface area (Å²) in [6.45, 7) is 0.462. The quantitative estimate of drug-likeness (QED) is 0.777. The zero-order valence-electron chi connectivity index (χ0n) is 14.1. The van der Waals surface area contributed by atoms with Crippen LogP contribution in [-0.2, 0) is 9.53 Å². The second kappa shape index (κ2) is 6.54. The van der Waals surface area contributed by atoms with Gasteiger partial charge < -0.3 is 14.2 Å². The van der Waals surface area contributed by atoms with E-state index in [2.05, 4.69) is 6.08 Å². The van der Waals surface area contributed by atoms with Crippen molar-refractivity contribution < 1.29 is 23.4 Å². The Hall–Kier alpha value is -2.30. The Bertz CT molecular complexity index is 739. The molecule has 4 rings (SSSR count). The lowest BCUT2D eigenvalue weighted by Gasteiger charge is -2.24. The summed E-state index contributed by atoms with van der Waals surface area (Å²) in [5.74, 6) is 1.13. The van der Waals surface area contributed by atoms with Gasteiger partial charge in [-0.15, -0.1) is 0 Å². The van der Waals surface area contributed by atoms with E-state index in [4.69, 9.17) is 14.2 Å². The summed E-state index contributed by atoms with van der Waals surface area (Å²) in [5, 5.41) is 0. The average Bonchev–Trinajstić information content (AvgIpc) is 3.20. The monoisotopic (exact) mass is 344 g/mol. The van der Waals surface area contributed by atoms with Crippen LogP contribution >= 0.6 is 0 Å². The molecule has 1 aromatic carbocycles. The molecule has 3 aliphatic rings. The van der Waals surface area contributed by atoms with E-state index in [0.29, 0.717) is 18.8 Å². The maximum absolute atomic E-state index is 14.2. The van der Waals surface area contributed by atoms with Gasteiger partial charge in [0.05, 0.1) is 26.1 Å². The first-order valence-electron chi connectivity index (χ1n) is 8.70. The highest BCUT2D eigenvalue weighted by atomic mass is 19.1. The molecule has 132 valence electrons. The van der Waals surface area contributed by atoms with E-state index in [1.54, 1.807) is 6.08 Å². The summed E-state index contributed by atoms with van der Waals surface area (Å²) < 4.78 is 30.7. The predicted octanol–water partition coefficient (Wildman–Crippen LogP) is 3.92. The number of carbonyl (C=O) groups excluding carboxylic acids is 1. The summed E-state index contributed by atoms with van der Waals surface area (Å²) >= 11 is 0. The topological polar surface area (TPSA) is 44.8 Å². The number of benzene rings is 1. The fraction of sp³-hybridized carbons (Fsp3) is 0.450. The van der Waals surface area contributed by atoms with Gasteiger partial charge in [-0.1, -0.05) is 18.2 Å². The second-order valence-electron chi connectivity index (χ2n) is 6.85. The maximum atomic E-state index is 14.2. The van der Waals surface area contributed by atoms with Crippen LogP contribution in [0, 0.1) is 11.8 Å². The van der Waals surface area contributed by atoms with E-state index in [9.17, 15) is 9.18 Å². The van der Waals surface area contributed by atoms with Crippen molar-refractivity contribution >= 4 is 5.97 Å². The minimum absolute atomic E-state index is 0.0104. The average molecular weight is 344 g/mol. The number of hydrogen-bond acceptors (Lipinski definition) is 4. The van der Waals surface area contributed by atoms with E-state index >= 15 is 0 Å². The van der Waals surface area contributed by atoms with Crippen LogP contribution in [0.15, 0.2) is 42.3 Å². The van der Waals surface area contributed by atoms with Gasteiger partial charge in [-0.25, -0.2) is 4.39 Å². The molecule has 0 bridgehead atoms. The van der Waals surface area contributed by atoms with Gasteiger partial charge >= 0.3 is 5.97 Å². The zero-order chi connectivity index (χ0) is 17.4. The molecule has 0 saturated heterocycles. The molecule has 5 heteroatoms. The van der Waals surface area contributed by atoms with Crippen LogP contribution in [0.3, 0.4) is 0 Å². The number of hydrogen-bond donors (Lipinski definition) is 0. The summed E-state index contributed by atoms with van der Waals surface area (Å²) in [4.78, 5) is 11.5.